The van der Waals surface area contributed by atoms with Crippen molar-refractivity contribution in [1.29, 1.82) is 0 Å². The van der Waals surface area contributed by atoms with Gasteiger partial charge in [-0.2, -0.15) is 4.98 Å². The topological polar surface area (TPSA) is 96.0 Å². The molecule has 28 heavy (non-hydrogen) atoms. The van der Waals surface area contributed by atoms with Crippen LogP contribution >= 0.6 is 28.3 Å². The molecule has 0 aliphatic heterocycles. The highest BCUT2D eigenvalue weighted by molar-refractivity contribution is 9.10. The molecule has 0 radical (unpaired) electrons. The van der Waals surface area contributed by atoms with Gasteiger partial charge in [-0.25, -0.2) is 17.8 Å². The van der Waals surface area contributed by atoms with Gasteiger partial charge in [0, 0.05) is 6.20 Å². The van der Waals surface area contributed by atoms with Crippen molar-refractivity contribution in [2.75, 3.05) is 21.6 Å². The van der Waals surface area contributed by atoms with E-state index >= 15 is 0 Å². The Hall–Kier alpha value is -2.43. The van der Waals surface area contributed by atoms with Crippen LogP contribution < -0.4 is 15.4 Å². The second kappa shape index (κ2) is 9.18. The molecule has 0 aliphatic carbocycles. The van der Waals surface area contributed by atoms with E-state index in [1.54, 1.807) is 42.5 Å². The van der Waals surface area contributed by atoms with Gasteiger partial charge in [0.15, 0.2) is 0 Å². The average molecular weight is 489 g/mol. The number of benzene rings is 2. The largest absolute Gasteiger partial charge is 0.337 e. The van der Waals surface area contributed by atoms with Crippen molar-refractivity contribution in [3.05, 3.63) is 65.0 Å². The highest BCUT2D eigenvalue weighted by Crippen LogP contribution is 2.30. The number of nitrogens with one attached hydrogen (secondary N) is 3. The van der Waals surface area contributed by atoms with Crippen LogP contribution in [0.4, 0.5) is 33.2 Å². The summed E-state index contributed by atoms with van der Waals surface area (Å²) in [6, 6.07) is 13.0. The maximum atomic E-state index is 13.8. The zero-order chi connectivity index (χ0) is 19.4. The molecule has 0 amide bonds. The fraction of sp³-hybridized carbons (Fsp3) is 0.0588. The van der Waals surface area contributed by atoms with Crippen molar-refractivity contribution in [3.63, 3.8) is 0 Å². The van der Waals surface area contributed by atoms with E-state index in [0.29, 0.717) is 21.7 Å². The Morgan fingerprint density at radius 1 is 0.964 bits per heavy atom. The van der Waals surface area contributed by atoms with E-state index in [4.69, 9.17) is 0 Å². The van der Waals surface area contributed by atoms with Gasteiger partial charge in [-0.1, -0.05) is 24.3 Å². The van der Waals surface area contributed by atoms with Gasteiger partial charge in [0.25, 0.3) is 0 Å². The molecule has 11 heteroatoms. The predicted molar refractivity (Wildman–Crippen MR) is 115 cm³/mol. The van der Waals surface area contributed by atoms with Crippen LogP contribution in [0.15, 0.2) is 59.2 Å². The second-order valence-corrected chi connectivity index (χ2v) is 8.14. The third-order valence-corrected chi connectivity index (χ3v) is 4.51. The Balaban J connectivity index is 0.00000280. The first-order valence-electron chi connectivity index (χ1n) is 7.70. The Morgan fingerprint density at radius 3 is 2.21 bits per heavy atom. The van der Waals surface area contributed by atoms with Gasteiger partial charge in [0.1, 0.15) is 11.6 Å². The van der Waals surface area contributed by atoms with Gasteiger partial charge in [-0.05, 0) is 40.2 Å². The van der Waals surface area contributed by atoms with Crippen LogP contribution in [-0.4, -0.2) is 24.6 Å². The Labute approximate surface area is 176 Å². The molecule has 0 aliphatic rings. The monoisotopic (exact) mass is 487 g/mol. The first-order chi connectivity index (χ1) is 12.8. The summed E-state index contributed by atoms with van der Waals surface area (Å²) in [5.41, 5.74) is 1.11. The van der Waals surface area contributed by atoms with Crippen molar-refractivity contribution < 1.29 is 12.8 Å². The standard InChI is InChI=1S/C17H15BrFN5O2S.ClH/c1-27(25,26)24-15-9-5-4-8-14(15)21-16-11(18)10-20-17(23-16)22-13-7-3-2-6-12(13)19;/h2-10,24H,1H3,(H2,20,21,22,23);1H. The van der Waals surface area contributed by atoms with Crippen LogP contribution in [0.25, 0.3) is 0 Å². The van der Waals surface area contributed by atoms with Crippen LogP contribution in [0.2, 0.25) is 0 Å². The molecule has 0 spiro atoms. The molecule has 7 nitrogen and oxygen atoms in total. The number of halogens is 3. The maximum Gasteiger partial charge on any atom is 0.229 e. The molecule has 1 heterocycles. The Bertz CT molecular complexity index is 1080. The predicted octanol–water partition coefficient (Wildman–Crippen LogP) is 4.66. The number of sulfonamides is 1. The van der Waals surface area contributed by atoms with Crippen LogP contribution in [0.3, 0.4) is 0 Å². The van der Waals surface area contributed by atoms with Gasteiger partial charge >= 0.3 is 0 Å². The van der Waals surface area contributed by atoms with Gasteiger partial charge in [-0.3, -0.25) is 4.72 Å². The number of aromatic nitrogens is 2. The molecule has 1 aromatic heterocycles. The number of para-hydroxylation sites is 3. The van der Waals surface area contributed by atoms with E-state index in [0.717, 1.165) is 6.26 Å². The number of nitrogens with zero attached hydrogens (tertiary/aromatic N) is 2. The zero-order valence-corrected chi connectivity index (χ0v) is 17.7. The lowest BCUT2D eigenvalue weighted by molar-refractivity contribution is 0.607. The normalized spacial score (nSPS) is 10.7. The lowest BCUT2D eigenvalue weighted by Gasteiger charge is -2.14. The maximum absolute atomic E-state index is 13.8. The van der Waals surface area contributed by atoms with Gasteiger partial charge in [0.05, 0.1) is 27.8 Å². The molecular formula is C17H16BrClFN5O2S. The number of hydrogen-bond acceptors (Lipinski definition) is 6. The summed E-state index contributed by atoms with van der Waals surface area (Å²) < 4.78 is 39.9. The van der Waals surface area contributed by atoms with Gasteiger partial charge in [0.2, 0.25) is 16.0 Å². The van der Waals surface area contributed by atoms with E-state index < -0.39 is 15.8 Å². The fourth-order valence-electron chi connectivity index (χ4n) is 2.21. The molecular weight excluding hydrogens is 473 g/mol. The fourth-order valence-corrected chi connectivity index (χ4v) is 3.07. The molecule has 0 saturated heterocycles. The first-order valence-corrected chi connectivity index (χ1v) is 10.4. The van der Waals surface area contributed by atoms with Crippen LogP contribution in [0.5, 0.6) is 0 Å². The molecule has 3 aromatic rings. The molecule has 0 saturated carbocycles. The summed E-state index contributed by atoms with van der Waals surface area (Å²) in [4.78, 5) is 8.43. The Kier molecular flexibility index (Phi) is 7.17. The molecule has 3 rings (SSSR count). The van der Waals surface area contributed by atoms with Crippen molar-refractivity contribution in [2.45, 2.75) is 0 Å². The average Bonchev–Trinajstić information content (AvgIpc) is 2.60. The molecule has 0 bridgehead atoms. The van der Waals surface area contributed by atoms with Crippen molar-refractivity contribution in [1.82, 2.24) is 9.97 Å². The summed E-state index contributed by atoms with van der Waals surface area (Å²) in [5, 5.41) is 5.85. The minimum Gasteiger partial charge on any atom is -0.337 e. The minimum absolute atomic E-state index is 0. The summed E-state index contributed by atoms with van der Waals surface area (Å²) >= 11 is 3.35. The summed E-state index contributed by atoms with van der Waals surface area (Å²) in [7, 11) is -3.44. The van der Waals surface area contributed by atoms with Crippen LogP contribution in [0.1, 0.15) is 0 Å². The van der Waals surface area contributed by atoms with Crippen LogP contribution in [0, 0.1) is 5.82 Å². The zero-order valence-electron chi connectivity index (χ0n) is 14.5. The third-order valence-electron chi connectivity index (χ3n) is 3.34. The quantitative estimate of drug-likeness (QED) is 0.467. The van der Waals surface area contributed by atoms with Crippen molar-refractivity contribution in [3.8, 4) is 0 Å². The van der Waals surface area contributed by atoms with Gasteiger partial charge < -0.3 is 10.6 Å². The number of anilines is 5. The molecule has 0 fully saturated rings. The van der Waals surface area contributed by atoms with E-state index in [1.807, 2.05) is 0 Å². The molecule has 3 N–H and O–H groups in total. The van der Waals surface area contributed by atoms with Gasteiger partial charge in [-0.15, -0.1) is 12.4 Å². The first kappa shape index (κ1) is 21.9. The van der Waals surface area contributed by atoms with E-state index in [9.17, 15) is 12.8 Å². The number of rotatable bonds is 6. The third kappa shape index (κ3) is 5.78. The number of hydrogen-bond donors (Lipinski definition) is 3. The molecule has 148 valence electrons. The second-order valence-electron chi connectivity index (χ2n) is 5.54. The molecule has 2 aromatic carbocycles. The highest BCUT2D eigenvalue weighted by atomic mass is 79.9. The highest BCUT2D eigenvalue weighted by Gasteiger charge is 2.11. The summed E-state index contributed by atoms with van der Waals surface area (Å²) in [6.07, 6.45) is 2.58. The lowest BCUT2D eigenvalue weighted by Crippen LogP contribution is -2.11. The summed E-state index contributed by atoms with van der Waals surface area (Å²) in [5.74, 6) is 0.132. The minimum atomic E-state index is -3.44. The molecule has 0 unspecified atom stereocenters. The van der Waals surface area contributed by atoms with Crippen LogP contribution in [-0.2, 0) is 10.0 Å². The lowest BCUT2D eigenvalue weighted by atomic mass is 10.2. The van der Waals surface area contributed by atoms with E-state index in [2.05, 4.69) is 41.3 Å². The van der Waals surface area contributed by atoms with E-state index in [-0.39, 0.29) is 24.0 Å². The smallest absolute Gasteiger partial charge is 0.229 e. The van der Waals surface area contributed by atoms with E-state index in [1.165, 1.54) is 12.3 Å². The molecule has 0 atom stereocenters. The summed E-state index contributed by atoms with van der Waals surface area (Å²) in [6.45, 7) is 0. The van der Waals surface area contributed by atoms with Crippen molar-refractivity contribution in [2.24, 2.45) is 0 Å². The SMILES string of the molecule is CS(=O)(=O)Nc1ccccc1Nc1nc(Nc2ccccc2F)ncc1Br.Cl. The Morgan fingerprint density at radius 2 is 1.57 bits per heavy atom. The van der Waals surface area contributed by atoms with Crippen molar-refractivity contribution >= 4 is 67.2 Å².